The molecule has 0 spiro atoms. The first-order valence-corrected chi connectivity index (χ1v) is 7.17. The quantitative estimate of drug-likeness (QED) is 0.548. The Labute approximate surface area is 127 Å². The number of nitrogens with zero attached hydrogens (tertiary/aromatic N) is 1. The zero-order valence-electron chi connectivity index (χ0n) is 13.0. The molecule has 3 heteroatoms. The molecule has 0 saturated carbocycles. The van der Waals surface area contributed by atoms with Crippen molar-refractivity contribution in [2.45, 2.75) is 40.2 Å². The Kier molecular flexibility index (Phi) is 7.80. The smallest absolute Gasteiger partial charge is 0.310 e. The number of benzene rings is 1. The molecule has 0 aliphatic carbocycles. The molecule has 21 heavy (non-hydrogen) atoms. The van der Waals surface area contributed by atoms with E-state index in [1.54, 1.807) is 12.4 Å². The molecular weight excluding hydrogens is 262 g/mol. The molecule has 0 N–H and O–H groups in total. The van der Waals surface area contributed by atoms with Gasteiger partial charge in [0.25, 0.3) is 0 Å². The first-order chi connectivity index (χ1) is 10.1. The van der Waals surface area contributed by atoms with E-state index in [-0.39, 0.29) is 12.4 Å². The van der Waals surface area contributed by atoms with Crippen molar-refractivity contribution >= 4 is 12.2 Å². The van der Waals surface area contributed by atoms with Gasteiger partial charge in [0.15, 0.2) is 0 Å². The molecule has 112 valence electrons. The third-order valence-corrected chi connectivity index (χ3v) is 2.77. The Morgan fingerprint density at radius 1 is 1.24 bits per heavy atom. The molecule has 0 heterocycles. The molecule has 0 aromatic heterocycles. The third kappa shape index (κ3) is 7.88. The molecule has 0 amide bonds. The van der Waals surface area contributed by atoms with Crippen LogP contribution in [0.3, 0.4) is 0 Å². The van der Waals surface area contributed by atoms with Gasteiger partial charge in [-0.25, -0.2) is 0 Å². The van der Waals surface area contributed by atoms with E-state index < -0.39 is 0 Å². The Bertz CT molecular complexity index is 527. The molecule has 0 radical (unpaired) electrons. The fraction of sp³-hybridized carbons (Fsp3) is 0.333. The van der Waals surface area contributed by atoms with Crippen LogP contribution in [0.1, 0.15) is 39.2 Å². The van der Waals surface area contributed by atoms with Gasteiger partial charge in [0, 0.05) is 12.4 Å². The number of hydrogen-bond donors (Lipinski definition) is 0. The van der Waals surface area contributed by atoms with Gasteiger partial charge in [-0.05, 0) is 37.0 Å². The lowest BCUT2D eigenvalue weighted by Gasteiger charge is -2.04. The fourth-order valence-corrected chi connectivity index (χ4v) is 1.72. The van der Waals surface area contributed by atoms with Crippen molar-refractivity contribution in [3.8, 4) is 0 Å². The molecule has 3 nitrogen and oxygen atoms in total. The van der Waals surface area contributed by atoms with Crippen LogP contribution in [0.4, 0.5) is 0 Å². The summed E-state index contributed by atoms with van der Waals surface area (Å²) in [5, 5.41) is 0. The van der Waals surface area contributed by atoms with Crippen LogP contribution >= 0.6 is 0 Å². The van der Waals surface area contributed by atoms with Gasteiger partial charge in [-0.15, -0.1) is 0 Å². The minimum Gasteiger partial charge on any atom is -0.461 e. The van der Waals surface area contributed by atoms with E-state index >= 15 is 0 Å². The molecule has 0 saturated heterocycles. The summed E-state index contributed by atoms with van der Waals surface area (Å²) in [5.74, 6) is -0.233. The summed E-state index contributed by atoms with van der Waals surface area (Å²) in [6.07, 6.45) is 6.85. The summed E-state index contributed by atoms with van der Waals surface area (Å²) in [4.78, 5) is 15.9. The van der Waals surface area contributed by atoms with Gasteiger partial charge in [0.2, 0.25) is 0 Å². The van der Waals surface area contributed by atoms with Gasteiger partial charge < -0.3 is 4.74 Å². The number of carbonyl (C=O) groups excluding carboxylic acids is 1. The maximum atomic E-state index is 11.7. The van der Waals surface area contributed by atoms with Gasteiger partial charge in [0.05, 0.1) is 6.42 Å². The Morgan fingerprint density at radius 2 is 1.95 bits per heavy atom. The molecule has 0 fully saturated rings. The minimum absolute atomic E-state index is 0.233. The second-order valence-electron chi connectivity index (χ2n) is 4.93. The number of aliphatic imine (C=N–C) groups is 1. The van der Waals surface area contributed by atoms with Crippen LogP contribution in [0, 0.1) is 0 Å². The normalized spacial score (nSPS) is 12.7. The first kappa shape index (κ1) is 16.9. The second kappa shape index (κ2) is 9.70. The van der Waals surface area contributed by atoms with E-state index in [1.807, 2.05) is 44.2 Å². The van der Waals surface area contributed by atoms with Gasteiger partial charge in [-0.1, -0.05) is 43.3 Å². The van der Waals surface area contributed by atoms with Crippen molar-refractivity contribution < 1.29 is 9.53 Å². The molecule has 0 atom stereocenters. The third-order valence-electron chi connectivity index (χ3n) is 2.77. The molecule has 0 aliphatic heterocycles. The lowest BCUT2D eigenvalue weighted by Crippen LogP contribution is -2.04. The van der Waals surface area contributed by atoms with Crippen LogP contribution in [-0.2, 0) is 16.1 Å². The van der Waals surface area contributed by atoms with E-state index in [0.717, 1.165) is 23.1 Å². The molecule has 1 rings (SSSR count). The van der Waals surface area contributed by atoms with Crippen LogP contribution in [0.15, 0.2) is 58.7 Å². The van der Waals surface area contributed by atoms with E-state index in [9.17, 15) is 4.79 Å². The zero-order chi connectivity index (χ0) is 15.5. The van der Waals surface area contributed by atoms with E-state index in [4.69, 9.17) is 4.74 Å². The predicted molar refractivity (Wildman–Crippen MR) is 87.2 cm³/mol. The zero-order valence-corrected chi connectivity index (χ0v) is 13.0. The Balaban J connectivity index is 2.38. The van der Waals surface area contributed by atoms with Crippen molar-refractivity contribution in [2.75, 3.05) is 0 Å². The van der Waals surface area contributed by atoms with Gasteiger partial charge in [0.1, 0.15) is 6.61 Å². The van der Waals surface area contributed by atoms with Crippen molar-refractivity contribution in [1.29, 1.82) is 0 Å². The molecule has 1 aromatic rings. The lowest BCUT2D eigenvalue weighted by molar-refractivity contribution is -0.144. The van der Waals surface area contributed by atoms with E-state index in [2.05, 4.69) is 18.0 Å². The van der Waals surface area contributed by atoms with E-state index in [0.29, 0.717) is 6.61 Å². The lowest BCUT2D eigenvalue weighted by atomic mass is 10.2. The summed E-state index contributed by atoms with van der Waals surface area (Å²) < 4.78 is 5.22. The standard InChI is InChI=1S/C18H23NO2/c1-4-8-15(2)12-19-13-16(3)11-18(20)21-14-17-9-6-5-7-10-17/h5-10,12-13H,4,11,14H2,1-3H3/b15-8?,16-13+,19-12-. The fourth-order valence-electron chi connectivity index (χ4n) is 1.72. The van der Waals surface area contributed by atoms with Crippen LogP contribution in [0.2, 0.25) is 0 Å². The summed E-state index contributed by atoms with van der Waals surface area (Å²) >= 11 is 0. The topological polar surface area (TPSA) is 38.7 Å². The monoisotopic (exact) mass is 285 g/mol. The van der Waals surface area contributed by atoms with Crippen LogP contribution in [-0.4, -0.2) is 12.2 Å². The average molecular weight is 285 g/mol. The van der Waals surface area contributed by atoms with Crippen molar-refractivity contribution in [3.05, 3.63) is 59.3 Å². The summed E-state index contributed by atoms with van der Waals surface area (Å²) in [5.41, 5.74) is 2.99. The molecular formula is C18H23NO2. The highest BCUT2D eigenvalue weighted by atomic mass is 16.5. The van der Waals surface area contributed by atoms with Crippen LogP contribution < -0.4 is 0 Å². The van der Waals surface area contributed by atoms with Gasteiger partial charge in [-0.2, -0.15) is 0 Å². The summed E-state index contributed by atoms with van der Waals surface area (Å²) in [6.45, 7) is 6.28. The number of rotatable bonds is 7. The summed E-state index contributed by atoms with van der Waals surface area (Å²) in [6, 6.07) is 9.65. The maximum Gasteiger partial charge on any atom is 0.310 e. The molecule has 1 aromatic carbocycles. The number of ether oxygens (including phenoxy) is 1. The van der Waals surface area contributed by atoms with Crippen molar-refractivity contribution in [2.24, 2.45) is 4.99 Å². The van der Waals surface area contributed by atoms with Gasteiger partial charge in [-0.3, -0.25) is 9.79 Å². The highest BCUT2D eigenvalue weighted by Gasteiger charge is 2.04. The van der Waals surface area contributed by atoms with Crippen LogP contribution in [0.25, 0.3) is 0 Å². The number of carbonyl (C=O) groups is 1. The maximum absolute atomic E-state index is 11.7. The second-order valence-corrected chi connectivity index (χ2v) is 4.93. The predicted octanol–water partition coefficient (Wildman–Crippen LogP) is 4.45. The highest BCUT2D eigenvalue weighted by Crippen LogP contribution is 2.06. The largest absolute Gasteiger partial charge is 0.461 e. The minimum atomic E-state index is -0.233. The van der Waals surface area contributed by atoms with Crippen LogP contribution in [0.5, 0.6) is 0 Å². The Morgan fingerprint density at radius 3 is 2.62 bits per heavy atom. The van der Waals surface area contributed by atoms with Gasteiger partial charge >= 0.3 is 5.97 Å². The van der Waals surface area contributed by atoms with Crippen molar-refractivity contribution in [1.82, 2.24) is 0 Å². The SMILES string of the molecule is CCC=C(C)/C=N\C=C(/C)CC(=O)OCc1ccccc1. The molecule has 0 aliphatic rings. The molecule has 0 bridgehead atoms. The first-order valence-electron chi connectivity index (χ1n) is 7.17. The average Bonchev–Trinajstić information content (AvgIpc) is 2.46. The number of hydrogen-bond acceptors (Lipinski definition) is 3. The summed E-state index contributed by atoms with van der Waals surface area (Å²) in [7, 11) is 0. The number of esters is 1. The van der Waals surface area contributed by atoms with E-state index in [1.165, 1.54) is 0 Å². The Hall–Kier alpha value is -2.16. The van der Waals surface area contributed by atoms with Crippen molar-refractivity contribution in [3.63, 3.8) is 0 Å². The molecule has 0 unspecified atom stereocenters. The number of allylic oxidation sites excluding steroid dienone is 2. The highest BCUT2D eigenvalue weighted by molar-refractivity contribution is 5.78.